The normalized spacial score (nSPS) is 15.0. The van der Waals surface area contributed by atoms with Gasteiger partial charge in [-0.25, -0.2) is 4.79 Å². The zero-order valence-electron chi connectivity index (χ0n) is 14.2. The summed E-state index contributed by atoms with van der Waals surface area (Å²) in [5, 5.41) is 9.45. The van der Waals surface area contributed by atoms with Crippen molar-refractivity contribution in [3.8, 4) is 0 Å². The van der Waals surface area contributed by atoms with E-state index in [-0.39, 0.29) is 17.9 Å². The number of benzene rings is 1. The van der Waals surface area contributed by atoms with Crippen molar-refractivity contribution < 1.29 is 14.1 Å². The number of urea groups is 1. The summed E-state index contributed by atoms with van der Waals surface area (Å²) >= 11 is 0. The van der Waals surface area contributed by atoms with Crippen LogP contribution in [0.3, 0.4) is 0 Å². The average Bonchev–Trinajstić information content (AvgIpc) is 3.05. The Balaban J connectivity index is 1.43. The summed E-state index contributed by atoms with van der Waals surface area (Å²) in [6, 6.07) is 11.4. The summed E-state index contributed by atoms with van der Waals surface area (Å²) in [4.78, 5) is 26.2. The number of carbonyl (C=O) groups is 2. The maximum atomic E-state index is 12.3. The Kier molecular flexibility index (Phi) is 5.33. The molecule has 1 aromatic carbocycles. The van der Waals surface area contributed by atoms with Gasteiger partial charge in [-0.3, -0.25) is 4.79 Å². The highest BCUT2D eigenvalue weighted by atomic mass is 16.5. The zero-order chi connectivity index (χ0) is 17.6. The van der Waals surface area contributed by atoms with Crippen LogP contribution in [0.25, 0.3) is 0 Å². The standard InChI is InChI=1S/C18H22N4O3/c1-13-11-16(21-25-13)20-17(23)15-7-9-22(10-8-15)18(24)19-12-14-5-3-2-4-6-14/h2-6,11,15H,7-10,12H2,1H3,(H,19,24)(H,20,21,23). The second kappa shape index (κ2) is 7.83. The molecule has 7 heteroatoms. The lowest BCUT2D eigenvalue weighted by Gasteiger charge is -2.31. The molecule has 0 atom stereocenters. The van der Waals surface area contributed by atoms with Gasteiger partial charge in [0.2, 0.25) is 5.91 Å². The predicted octanol–water partition coefficient (Wildman–Crippen LogP) is 2.54. The molecule has 3 amide bonds. The molecule has 7 nitrogen and oxygen atoms in total. The lowest BCUT2D eigenvalue weighted by molar-refractivity contribution is -0.121. The molecule has 0 radical (unpaired) electrons. The van der Waals surface area contributed by atoms with E-state index in [1.807, 2.05) is 30.3 Å². The van der Waals surface area contributed by atoms with Gasteiger partial charge in [0, 0.05) is 31.6 Å². The lowest BCUT2D eigenvalue weighted by atomic mass is 9.96. The number of hydrogen-bond donors (Lipinski definition) is 2. The molecule has 132 valence electrons. The third kappa shape index (κ3) is 4.59. The van der Waals surface area contributed by atoms with Gasteiger partial charge in [0.05, 0.1) is 0 Å². The number of piperidine rings is 1. The molecular formula is C18H22N4O3. The maximum Gasteiger partial charge on any atom is 0.317 e. The minimum atomic E-state index is -0.116. The summed E-state index contributed by atoms with van der Waals surface area (Å²) in [7, 11) is 0. The number of nitrogens with zero attached hydrogens (tertiary/aromatic N) is 2. The summed E-state index contributed by atoms with van der Waals surface area (Å²) in [5.41, 5.74) is 1.06. The minimum Gasteiger partial charge on any atom is -0.360 e. The number of carbonyl (C=O) groups excluding carboxylic acids is 2. The summed E-state index contributed by atoms with van der Waals surface area (Å²) in [5.74, 6) is 0.901. The molecule has 3 rings (SSSR count). The largest absolute Gasteiger partial charge is 0.360 e. The molecular weight excluding hydrogens is 320 g/mol. The molecule has 1 saturated heterocycles. The van der Waals surface area contributed by atoms with E-state index in [0.717, 1.165) is 5.56 Å². The van der Waals surface area contributed by atoms with E-state index in [1.54, 1.807) is 17.9 Å². The average molecular weight is 342 g/mol. The van der Waals surface area contributed by atoms with Gasteiger partial charge >= 0.3 is 6.03 Å². The third-order valence-corrected chi connectivity index (χ3v) is 4.32. The molecule has 0 bridgehead atoms. The van der Waals surface area contributed by atoms with Crippen LogP contribution in [0.1, 0.15) is 24.2 Å². The van der Waals surface area contributed by atoms with E-state index in [0.29, 0.717) is 44.1 Å². The van der Waals surface area contributed by atoms with Crippen LogP contribution in [0.5, 0.6) is 0 Å². The number of hydrogen-bond acceptors (Lipinski definition) is 4. The Bertz CT molecular complexity index is 721. The second-order valence-electron chi connectivity index (χ2n) is 6.22. The van der Waals surface area contributed by atoms with E-state index in [9.17, 15) is 9.59 Å². The molecule has 0 spiro atoms. The number of aromatic nitrogens is 1. The molecule has 25 heavy (non-hydrogen) atoms. The monoisotopic (exact) mass is 342 g/mol. The Morgan fingerprint density at radius 1 is 1.24 bits per heavy atom. The predicted molar refractivity (Wildman–Crippen MR) is 92.8 cm³/mol. The molecule has 2 N–H and O–H groups in total. The fourth-order valence-corrected chi connectivity index (χ4v) is 2.88. The number of likely N-dealkylation sites (tertiary alicyclic amines) is 1. The third-order valence-electron chi connectivity index (χ3n) is 4.32. The van der Waals surface area contributed by atoms with Crippen molar-refractivity contribution in [1.29, 1.82) is 0 Å². The Morgan fingerprint density at radius 2 is 1.96 bits per heavy atom. The van der Waals surface area contributed by atoms with E-state index >= 15 is 0 Å². The first kappa shape index (κ1) is 17.0. The van der Waals surface area contributed by atoms with Crippen molar-refractivity contribution in [3.63, 3.8) is 0 Å². The number of nitrogens with one attached hydrogen (secondary N) is 2. The molecule has 1 fully saturated rings. The van der Waals surface area contributed by atoms with Crippen LogP contribution >= 0.6 is 0 Å². The van der Waals surface area contributed by atoms with Crippen molar-refractivity contribution in [2.45, 2.75) is 26.3 Å². The van der Waals surface area contributed by atoms with Crippen molar-refractivity contribution in [3.05, 3.63) is 47.7 Å². The molecule has 1 aliphatic heterocycles. The van der Waals surface area contributed by atoms with Crippen LogP contribution in [0, 0.1) is 12.8 Å². The summed E-state index contributed by atoms with van der Waals surface area (Å²) < 4.78 is 4.94. The van der Waals surface area contributed by atoms with Gasteiger partial charge < -0.3 is 20.1 Å². The first-order valence-electron chi connectivity index (χ1n) is 8.42. The van der Waals surface area contributed by atoms with Crippen molar-refractivity contribution in [2.24, 2.45) is 5.92 Å². The van der Waals surface area contributed by atoms with Crippen LogP contribution in [0.4, 0.5) is 10.6 Å². The number of aryl methyl sites for hydroxylation is 1. The minimum absolute atomic E-state index is 0.0716. The first-order valence-corrected chi connectivity index (χ1v) is 8.42. The molecule has 2 heterocycles. The Labute approximate surface area is 146 Å². The van der Waals surface area contributed by atoms with Crippen LogP contribution in [0.15, 0.2) is 40.9 Å². The van der Waals surface area contributed by atoms with Crippen LogP contribution in [0.2, 0.25) is 0 Å². The first-order chi connectivity index (χ1) is 12.1. The van der Waals surface area contributed by atoms with Gasteiger partial charge in [0.25, 0.3) is 0 Å². The summed E-state index contributed by atoms with van der Waals surface area (Å²) in [6.07, 6.45) is 1.28. The molecule has 0 aliphatic carbocycles. The molecule has 2 aromatic rings. The smallest absolute Gasteiger partial charge is 0.317 e. The highest BCUT2D eigenvalue weighted by Crippen LogP contribution is 2.19. The number of anilines is 1. The van der Waals surface area contributed by atoms with Crippen molar-refractivity contribution in [2.75, 3.05) is 18.4 Å². The SMILES string of the molecule is Cc1cc(NC(=O)C2CCN(C(=O)NCc3ccccc3)CC2)no1. The molecule has 0 saturated carbocycles. The summed E-state index contributed by atoms with van der Waals surface area (Å²) in [6.45, 7) is 3.41. The van der Waals surface area contributed by atoms with Gasteiger partial charge in [0.1, 0.15) is 5.76 Å². The van der Waals surface area contributed by atoms with Crippen LogP contribution < -0.4 is 10.6 Å². The molecule has 1 aliphatic rings. The highest BCUT2D eigenvalue weighted by molar-refractivity contribution is 5.91. The van der Waals surface area contributed by atoms with E-state index in [1.165, 1.54) is 0 Å². The van der Waals surface area contributed by atoms with E-state index < -0.39 is 0 Å². The van der Waals surface area contributed by atoms with E-state index in [2.05, 4.69) is 15.8 Å². The Morgan fingerprint density at radius 3 is 2.60 bits per heavy atom. The fourth-order valence-electron chi connectivity index (χ4n) is 2.88. The number of amides is 3. The van der Waals surface area contributed by atoms with Gasteiger partial charge in [0.15, 0.2) is 5.82 Å². The maximum absolute atomic E-state index is 12.3. The second-order valence-corrected chi connectivity index (χ2v) is 6.22. The molecule has 1 aromatic heterocycles. The van der Waals surface area contributed by atoms with Crippen molar-refractivity contribution in [1.82, 2.24) is 15.4 Å². The van der Waals surface area contributed by atoms with Crippen molar-refractivity contribution >= 4 is 17.8 Å². The molecule has 0 unspecified atom stereocenters. The topological polar surface area (TPSA) is 87.5 Å². The lowest BCUT2D eigenvalue weighted by Crippen LogP contribution is -2.45. The van der Waals surface area contributed by atoms with Gasteiger partial charge in [-0.1, -0.05) is 35.5 Å². The highest BCUT2D eigenvalue weighted by Gasteiger charge is 2.27. The zero-order valence-corrected chi connectivity index (χ0v) is 14.2. The number of rotatable bonds is 4. The van der Waals surface area contributed by atoms with Gasteiger partial charge in [-0.15, -0.1) is 0 Å². The van der Waals surface area contributed by atoms with E-state index in [4.69, 9.17) is 4.52 Å². The van der Waals surface area contributed by atoms with Gasteiger partial charge in [-0.2, -0.15) is 0 Å². The Hall–Kier alpha value is -2.83. The van der Waals surface area contributed by atoms with Crippen LogP contribution in [-0.2, 0) is 11.3 Å². The van der Waals surface area contributed by atoms with Gasteiger partial charge in [-0.05, 0) is 25.3 Å². The quantitative estimate of drug-likeness (QED) is 0.894. The van der Waals surface area contributed by atoms with Crippen LogP contribution in [-0.4, -0.2) is 35.1 Å². The fraction of sp³-hybridized carbons (Fsp3) is 0.389.